The van der Waals surface area contributed by atoms with Crippen molar-refractivity contribution in [3.8, 4) is 0 Å². The molecule has 0 spiro atoms. The van der Waals surface area contributed by atoms with Crippen LogP contribution in [-0.4, -0.2) is 4.57 Å². The van der Waals surface area contributed by atoms with Gasteiger partial charge in [0.25, 0.3) is 0 Å². The van der Waals surface area contributed by atoms with Crippen LogP contribution >= 0.6 is 0 Å². The fraction of sp³-hybridized carbons (Fsp3) is 0.263. The zero-order chi connectivity index (χ0) is 14.3. The number of nitrogens with zero attached hydrogens (tertiary/aromatic N) is 1. The van der Waals surface area contributed by atoms with Crippen molar-refractivity contribution in [1.29, 1.82) is 0 Å². The average molecular weight is 263 g/mol. The third kappa shape index (κ3) is 2.03. The fourth-order valence-corrected chi connectivity index (χ4v) is 2.89. The van der Waals surface area contributed by atoms with Gasteiger partial charge in [0.15, 0.2) is 0 Å². The molecule has 0 atom stereocenters. The van der Waals surface area contributed by atoms with E-state index in [1.807, 2.05) is 0 Å². The maximum atomic E-state index is 2.43. The normalized spacial score (nSPS) is 11.2. The van der Waals surface area contributed by atoms with Gasteiger partial charge in [-0.05, 0) is 56.0 Å². The van der Waals surface area contributed by atoms with E-state index in [0.717, 1.165) is 6.54 Å². The van der Waals surface area contributed by atoms with Crippen LogP contribution in [0.2, 0.25) is 0 Å². The molecular weight excluding hydrogens is 242 g/mol. The van der Waals surface area contributed by atoms with E-state index in [1.54, 1.807) is 0 Å². The number of rotatable bonds is 2. The molecule has 0 aliphatic carbocycles. The summed E-state index contributed by atoms with van der Waals surface area (Å²) in [5, 5.41) is 1.37. The van der Waals surface area contributed by atoms with Gasteiger partial charge in [0.2, 0.25) is 0 Å². The third-order valence-electron chi connectivity index (χ3n) is 4.46. The second kappa shape index (κ2) is 4.82. The van der Waals surface area contributed by atoms with E-state index >= 15 is 0 Å². The molecule has 1 heterocycles. The summed E-state index contributed by atoms with van der Waals surface area (Å²) in [6, 6.07) is 15.4. The summed E-state index contributed by atoms with van der Waals surface area (Å²) in [6.07, 6.45) is 0. The average Bonchev–Trinajstić information content (AvgIpc) is 2.69. The predicted octanol–water partition coefficient (Wildman–Crippen LogP) is 4.92. The molecule has 0 saturated carbocycles. The van der Waals surface area contributed by atoms with Gasteiger partial charge in [0.05, 0.1) is 0 Å². The highest BCUT2D eigenvalue weighted by atomic mass is 15.0. The van der Waals surface area contributed by atoms with Crippen molar-refractivity contribution in [2.45, 2.75) is 34.2 Å². The smallest absolute Gasteiger partial charge is 0.0488 e. The minimum atomic E-state index is 0.946. The number of fused-ring (bicyclic) bond motifs is 1. The molecule has 2 aromatic carbocycles. The summed E-state index contributed by atoms with van der Waals surface area (Å²) in [7, 11) is 0. The van der Waals surface area contributed by atoms with Crippen molar-refractivity contribution in [3.63, 3.8) is 0 Å². The SMILES string of the molecule is Cc1ccc(Cn2c(C)c(C)c3ccccc32)cc1C. The van der Waals surface area contributed by atoms with Crippen molar-refractivity contribution in [3.05, 3.63) is 70.4 Å². The number of aryl methyl sites for hydroxylation is 3. The van der Waals surface area contributed by atoms with Gasteiger partial charge in [-0.3, -0.25) is 0 Å². The highest BCUT2D eigenvalue weighted by molar-refractivity contribution is 5.85. The summed E-state index contributed by atoms with van der Waals surface area (Å²) in [4.78, 5) is 0. The monoisotopic (exact) mass is 263 g/mol. The van der Waals surface area contributed by atoms with Gasteiger partial charge < -0.3 is 4.57 Å². The summed E-state index contributed by atoms with van der Waals surface area (Å²) in [5.41, 5.74) is 8.19. The van der Waals surface area contributed by atoms with Gasteiger partial charge >= 0.3 is 0 Å². The standard InChI is InChI=1S/C19H21N/c1-13-9-10-17(11-14(13)2)12-20-16(4)15(3)18-7-5-6-8-19(18)20/h5-11H,12H2,1-4H3. The molecule has 3 rings (SSSR count). The Hall–Kier alpha value is -2.02. The molecule has 0 radical (unpaired) electrons. The first kappa shape index (κ1) is 13.0. The lowest BCUT2D eigenvalue weighted by Crippen LogP contribution is -2.02. The van der Waals surface area contributed by atoms with Gasteiger partial charge in [-0.2, -0.15) is 0 Å². The highest BCUT2D eigenvalue weighted by Gasteiger charge is 2.10. The summed E-state index contributed by atoms with van der Waals surface area (Å²) >= 11 is 0. The van der Waals surface area contributed by atoms with Gasteiger partial charge in [0, 0.05) is 23.1 Å². The van der Waals surface area contributed by atoms with Gasteiger partial charge in [-0.15, -0.1) is 0 Å². The molecule has 0 bridgehead atoms. The van der Waals surface area contributed by atoms with Crippen LogP contribution in [0.1, 0.15) is 27.9 Å². The van der Waals surface area contributed by atoms with E-state index in [9.17, 15) is 0 Å². The van der Waals surface area contributed by atoms with E-state index in [1.165, 1.54) is 38.9 Å². The largest absolute Gasteiger partial charge is 0.340 e. The van der Waals surface area contributed by atoms with E-state index in [-0.39, 0.29) is 0 Å². The zero-order valence-electron chi connectivity index (χ0n) is 12.7. The Balaban J connectivity index is 2.10. The van der Waals surface area contributed by atoms with Crippen LogP contribution < -0.4 is 0 Å². The number of aromatic nitrogens is 1. The summed E-state index contributed by atoms with van der Waals surface area (Å²) < 4.78 is 2.43. The third-order valence-corrected chi connectivity index (χ3v) is 4.46. The van der Waals surface area contributed by atoms with Crippen molar-refractivity contribution < 1.29 is 0 Å². The molecule has 20 heavy (non-hydrogen) atoms. The van der Waals surface area contributed by atoms with Crippen LogP contribution in [0.25, 0.3) is 10.9 Å². The lowest BCUT2D eigenvalue weighted by atomic mass is 10.1. The van der Waals surface area contributed by atoms with Crippen molar-refractivity contribution in [2.75, 3.05) is 0 Å². The van der Waals surface area contributed by atoms with Crippen LogP contribution in [-0.2, 0) is 6.54 Å². The Labute approximate surface area is 120 Å². The molecule has 1 nitrogen and oxygen atoms in total. The van der Waals surface area contributed by atoms with E-state index in [2.05, 4.69) is 74.7 Å². The van der Waals surface area contributed by atoms with Crippen molar-refractivity contribution in [2.24, 2.45) is 0 Å². The van der Waals surface area contributed by atoms with Gasteiger partial charge in [-0.25, -0.2) is 0 Å². The number of para-hydroxylation sites is 1. The number of hydrogen-bond acceptors (Lipinski definition) is 0. The molecule has 0 fully saturated rings. The first-order valence-electron chi connectivity index (χ1n) is 7.18. The minimum Gasteiger partial charge on any atom is -0.340 e. The van der Waals surface area contributed by atoms with Crippen LogP contribution in [0.5, 0.6) is 0 Å². The molecule has 0 saturated heterocycles. The molecule has 1 aromatic heterocycles. The number of hydrogen-bond donors (Lipinski definition) is 0. The van der Waals surface area contributed by atoms with Crippen LogP contribution in [0.3, 0.4) is 0 Å². The first-order chi connectivity index (χ1) is 9.58. The Kier molecular flexibility index (Phi) is 3.13. The Bertz CT molecular complexity index is 778. The molecule has 3 aromatic rings. The van der Waals surface area contributed by atoms with E-state index in [0.29, 0.717) is 0 Å². The Morgan fingerprint density at radius 2 is 1.60 bits per heavy atom. The molecule has 0 aliphatic rings. The maximum Gasteiger partial charge on any atom is 0.0488 e. The first-order valence-corrected chi connectivity index (χ1v) is 7.18. The molecule has 102 valence electrons. The molecular formula is C19H21N. The Morgan fingerprint density at radius 3 is 2.35 bits per heavy atom. The maximum absolute atomic E-state index is 2.43. The fourth-order valence-electron chi connectivity index (χ4n) is 2.89. The zero-order valence-corrected chi connectivity index (χ0v) is 12.7. The summed E-state index contributed by atoms with van der Waals surface area (Å²) in [5.74, 6) is 0. The van der Waals surface area contributed by atoms with Gasteiger partial charge in [-0.1, -0.05) is 36.4 Å². The quantitative estimate of drug-likeness (QED) is 0.618. The molecule has 0 amide bonds. The second-order valence-electron chi connectivity index (χ2n) is 5.73. The lowest BCUT2D eigenvalue weighted by Gasteiger charge is -2.10. The van der Waals surface area contributed by atoms with Crippen LogP contribution in [0, 0.1) is 27.7 Å². The predicted molar refractivity (Wildman–Crippen MR) is 86.4 cm³/mol. The molecule has 0 N–H and O–H groups in total. The molecule has 0 unspecified atom stereocenters. The van der Waals surface area contributed by atoms with E-state index < -0.39 is 0 Å². The lowest BCUT2D eigenvalue weighted by molar-refractivity contribution is 0.799. The Morgan fingerprint density at radius 1 is 0.850 bits per heavy atom. The van der Waals surface area contributed by atoms with Crippen molar-refractivity contribution >= 4 is 10.9 Å². The number of benzene rings is 2. The molecule has 1 heteroatoms. The topological polar surface area (TPSA) is 4.93 Å². The molecule has 0 aliphatic heterocycles. The minimum absolute atomic E-state index is 0.946. The van der Waals surface area contributed by atoms with Crippen molar-refractivity contribution in [1.82, 2.24) is 4.57 Å². The van der Waals surface area contributed by atoms with E-state index in [4.69, 9.17) is 0 Å². The summed E-state index contributed by atoms with van der Waals surface area (Å²) in [6.45, 7) is 9.73. The van der Waals surface area contributed by atoms with Gasteiger partial charge in [0.1, 0.15) is 0 Å². The van der Waals surface area contributed by atoms with Crippen LogP contribution in [0.15, 0.2) is 42.5 Å². The highest BCUT2D eigenvalue weighted by Crippen LogP contribution is 2.26. The van der Waals surface area contributed by atoms with Crippen LogP contribution in [0.4, 0.5) is 0 Å². The second-order valence-corrected chi connectivity index (χ2v) is 5.73.